The summed E-state index contributed by atoms with van der Waals surface area (Å²) >= 11 is 0. The second-order valence-corrected chi connectivity index (χ2v) is 6.34. The third kappa shape index (κ3) is 3.70. The highest BCUT2D eigenvalue weighted by Crippen LogP contribution is 2.32. The molecule has 0 saturated heterocycles. The van der Waals surface area contributed by atoms with Gasteiger partial charge in [0.1, 0.15) is 0 Å². The molecule has 2 aromatic rings. The van der Waals surface area contributed by atoms with E-state index in [0.29, 0.717) is 12.8 Å². The van der Waals surface area contributed by atoms with Crippen molar-refractivity contribution in [3.8, 4) is 11.5 Å². The van der Waals surface area contributed by atoms with Crippen molar-refractivity contribution in [2.24, 2.45) is 0 Å². The van der Waals surface area contributed by atoms with Crippen LogP contribution in [0.3, 0.4) is 0 Å². The molecule has 24 heavy (non-hydrogen) atoms. The van der Waals surface area contributed by atoms with Gasteiger partial charge >= 0.3 is 0 Å². The number of hydrogen-bond donors (Lipinski definition) is 1. The van der Waals surface area contributed by atoms with Crippen LogP contribution in [0.15, 0.2) is 36.4 Å². The molecule has 4 nitrogen and oxygen atoms in total. The first kappa shape index (κ1) is 16.4. The lowest BCUT2D eigenvalue weighted by Gasteiger charge is -2.17. The molecule has 1 atom stereocenters. The minimum Gasteiger partial charge on any atom is -0.454 e. The van der Waals surface area contributed by atoms with Crippen molar-refractivity contribution in [3.63, 3.8) is 0 Å². The first-order valence-corrected chi connectivity index (χ1v) is 8.28. The average Bonchev–Trinajstić information content (AvgIpc) is 3.02. The van der Waals surface area contributed by atoms with E-state index >= 15 is 0 Å². The highest BCUT2D eigenvalue weighted by Gasteiger charge is 2.15. The number of benzene rings is 2. The third-order valence-electron chi connectivity index (χ3n) is 4.36. The Hall–Kier alpha value is -2.49. The fraction of sp³-hybridized carbons (Fsp3) is 0.350. The van der Waals surface area contributed by atoms with E-state index in [4.69, 9.17) is 9.47 Å². The zero-order valence-electron chi connectivity index (χ0n) is 14.4. The molecular formula is C20H23NO3. The summed E-state index contributed by atoms with van der Waals surface area (Å²) in [6.07, 6.45) is 1.14. The average molecular weight is 325 g/mol. The number of hydrogen-bond acceptors (Lipinski definition) is 3. The van der Waals surface area contributed by atoms with Crippen LogP contribution in [0.4, 0.5) is 0 Å². The molecule has 3 rings (SSSR count). The van der Waals surface area contributed by atoms with Gasteiger partial charge in [0.05, 0.1) is 6.04 Å². The molecule has 1 N–H and O–H groups in total. The summed E-state index contributed by atoms with van der Waals surface area (Å²) in [5, 5.41) is 3.09. The number of aryl methyl sites for hydroxylation is 3. The minimum atomic E-state index is 0.00848. The predicted octanol–water partition coefficient (Wildman–Crippen LogP) is 3.84. The molecule has 0 spiro atoms. The molecular weight excluding hydrogens is 302 g/mol. The van der Waals surface area contributed by atoms with Crippen LogP contribution < -0.4 is 14.8 Å². The van der Waals surface area contributed by atoms with Crippen molar-refractivity contribution in [1.29, 1.82) is 0 Å². The smallest absolute Gasteiger partial charge is 0.231 e. The van der Waals surface area contributed by atoms with Crippen molar-refractivity contribution in [2.75, 3.05) is 6.79 Å². The molecule has 126 valence electrons. The summed E-state index contributed by atoms with van der Waals surface area (Å²) < 4.78 is 10.7. The van der Waals surface area contributed by atoms with Crippen molar-refractivity contribution < 1.29 is 14.3 Å². The zero-order valence-corrected chi connectivity index (χ0v) is 14.4. The van der Waals surface area contributed by atoms with E-state index in [2.05, 4.69) is 37.4 Å². The molecule has 0 aliphatic carbocycles. The van der Waals surface area contributed by atoms with Gasteiger partial charge in [-0.2, -0.15) is 0 Å². The fourth-order valence-corrected chi connectivity index (χ4v) is 2.97. The van der Waals surface area contributed by atoms with Crippen molar-refractivity contribution in [1.82, 2.24) is 5.32 Å². The summed E-state index contributed by atoms with van der Waals surface area (Å²) in [6, 6.07) is 12.2. The van der Waals surface area contributed by atoms with Crippen LogP contribution in [-0.4, -0.2) is 12.7 Å². The quantitative estimate of drug-likeness (QED) is 0.908. The van der Waals surface area contributed by atoms with Crippen molar-refractivity contribution in [2.45, 2.75) is 39.7 Å². The van der Waals surface area contributed by atoms with Gasteiger partial charge in [0.15, 0.2) is 11.5 Å². The first-order chi connectivity index (χ1) is 11.5. The molecule has 1 aliphatic heterocycles. The number of amides is 1. The molecule has 0 radical (unpaired) electrons. The predicted molar refractivity (Wildman–Crippen MR) is 93.4 cm³/mol. The van der Waals surface area contributed by atoms with Crippen LogP contribution >= 0.6 is 0 Å². The lowest BCUT2D eigenvalue weighted by atomic mass is 9.99. The first-order valence-electron chi connectivity index (χ1n) is 8.28. The van der Waals surface area contributed by atoms with Gasteiger partial charge in [-0.3, -0.25) is 4.79 Å². The molecule has 1 heterocycles. The number of carbonyl (C=O) groups excluding carboxylic acids is 1. The lowest BCUT2D eigenvalue weighted by molar-refractivity contribution is -0.121. The second-order valence-electron chi connectivity index (χ2n) is 6.34. The van der Waals surface area contributed by atoms with Gasteiger partial charge in [0.25, 0.3) is 0 Å². The molecule has 4 heteroatoms. The highest BCUT2D eigenvalue weighted by molar-refractivity contribution is 5.76. The topological polar surface area (TPSA) is 47.6 Å². The largest absolute Gasteiger partial charge is 0.454 e. The van der Waals surface area contributed by atoms with Gasteiger partial charge in [-0.15, -0.1) is 0 Å². The minimum absolute atomic E-state index is 0.00848. The molecule has 0 aromatic heterocycles. The molecule has 1 unspecified atom stereocenters. The van der Waals surface area contributed by atoms with E-state index in [1.807, 2.05) is 25.1 Å². The zero-order chi connectivity index (χ0) is 17.1. The molecule has 0 fully saturated rings. The maximum atomic E-state index is 12.3. The molecule has 1 aliphatic rings. The van der Waals surface area contributed by atoms with Crippen molar-refractivity contribution in [3.05, 3.63) is 58.7 Å². The van der Waals surface area contributed by atoms with Gasteiger partial charge in [-0.25, -0.2) is 0 Å². The van der Waals surface area contributed by atoms with E-state index in [-0.39, 0.29) is 18.7 Å². The van der Waals surface area contributed by atoms with E-state index < -0.39 is 0 Å². The maximum Gasteiger partial charge on any atom is 0.231 e. The van der Waals surface area contributed by atoms with Gasteiger partial charge in [-0.1, -0.05) is 29.8 Å². The van der Waals surface area contributed by atoms with Gasteiger partial charge < -0.3 is 14.8 Å². The SMILES string of the molecule is Cc1ccc(C)c(C(C)NC(=O)CCc2ccc3c(c2)OCO3)c1. The Kier molecular flexibility index (Phi) is 4.74. The van der Waals surface area contributed by atoms with Crippen LogP contribution in [0.5, 0.6) is 11.5 Å². The Bertz CT molecular complexity index is 755. The number of ether oxygens (including phenoxy) is 2. The van der Waals surface area contributed by atoms with E-state index in [0.717, 1.165) is 17.1 Å². The highest BCUT2D eigenvalue weighted by atomic mass is 16.7. The Labute approximate surface area is 142 Å². The Balaban J connectivity index is 1.56. The second kappa shape index (κ2) is 6.95. The van der Waals surface area contributed by atoms with Crippen LogP contribution in [0.25, 0.3) is 0 Å². The number of nitrogens with one attached hydrogen (secondary N) is 1. The normalized spacial score (nSPS) is 13.6. The van der Waals surface area contributed by atoms with Crippen LogP contribution in [-0.2, 0) is 11.2 Å². The van der Waals surface area contributed by atoms with E-state index in [1.54, 1.807) is 0 Å². The van der Waals surface area contributed by atoms with E-state index in [9.17, 15) is 4.79 Å². The van der Waals surface area contributed by atoms with Crippen LogP contribution in [0, 0.1) is 13.8 Å². The summed E-state index contributed by atoms with van der Waals surface area (Å²) in [4.78, 5) is 12.3. The molecule has 1 amide bonds. The Morgan fingerprint density at radius 1 is 1.12 bits per heavy atom. The Morgan fingerprint density at radius 3 is 2.75 bits per heavy atom. The van der Waals surface area contributed by atoms with Crippen LogP contribution in [0.2, 0.25) is 0 Å². The molecule has 0 saturated carbocycles. The summed E-state index contributed by atoms with van der Waals surface area (Å²) in [5.74, 6) is 1.59. The van der Waals surface area contributed by atoms with E-state index in [1.165, 1.54) is 16.7 Å². The van der Waals surface area contributed by atoms with Gasteiger partial charge in [0, 0.05) is 6.42 Å². The standard InChI is InChI=1S/C20H23NO3/c1-13-4-5-14(2)17(10-13)15(3)21-20(22)9-7-16-6-8-18-19(11-16)24-12-23-18/h4-6,8,10-11,15H,7,9,12H2,1-3H3,(H,21,22). The Morgan fingerprint density at radius 2 is 1.92 bits per heavy atom. The summed E-state index contributed by atoms with van der Waals surface area (Å²) in [6.45, 7) is 6.44. The monoisotopic (exact) mass is 325 g/mol. The van der Waals surface area contributed by atoms with Crippen LogP contribution in [0.1, 0.15) is 41.6 Å². The molecule has 0 bridgehead atoms. The lowest BCUT2D eigenvalue weighted by Crippen LogP contribution is -2.27. The van der Waals surface area contributed by atoms with Crippen molar-refractivity contribution >= 4 is 5.91 Å². The third-order valence-corrected chi connectivity index (χ3v) is 4.36. The van der Waals surface area contributed by atoms with Gasteiger partial charge in [-0.05, 0) is 56.0 Å². The maximum absolute atomic E-state index is 12.3. The summed E-state index contributed by atoms with van der Waals surface area (Å²) in [7, 11) is 0. The summed E-state index contributed by atoms with van der Waals surface area (Å²) in [5.41, 5.74) is 4.65. The number of rotatable bonds is 5. The van der Waals surface area contributed by atoms with Gasteiger partial charge in [0.2, 0.25) is 12.7 Å². The molecule has 2 aromatic carbocycles. The number of fused-ring (bicyclic) bond motifs is 1. The number of carbonyl (C=O) groups is 1. The fourth-order valence-electron chi connectivity index (χ4n) is 2.97.